The van der Waals surface area contributed by atoms with Crippen molar-refractivity contribution in [2.75, 3.05) is 19.7 Å². The Balaban J connectivity index is 1.82. The topological polar surface area (TPSA) is 106 Å². The number of carbonyl (C=O) groups is 1. The number of nitrogens with one attached hydrogen (secondary N) is 1. The van der Waals surface area contributed by atoms with E-state index in [1.165, 1.54) is 0 Å². The Morgan fingerprint density at radius 3 is 2.53 bits per heavy atom. The number of nitrogens with zero attached hydrogens (tertiary/aromatic N) is 5. The maximum Gasteiger partial charge on any atom is 0.309 e. The number of tetrazole rings is 1. The number of pyridine rings is 1. The number of esters is 1. The SMILES string of the molecule is CCOC(=O)C1CCN([C@H](c2cc3c(C)ccc(C)c3[nH]c2=O)c2nnnn2C(C)(C)C)CC1. The fourth-order valence-electron chi connectivity index (χ4n) is 4.79. The number of hydrogen-bond donors (Lipinski definition) is 1. The van der Waals surface area contributed by atoms with Crippen molar-refractivity contribution in [3.8, 4) is 0 Å². The van der Waals surface area contributed by atoms with Crippen molar-refractivity contribution >= 4 is 16.9 Å². The molecule has 1 atom stereocenters. The molecule has 1 aliphatic heterocycles. The summed E-state index contributed by atoms with van der Waals surface area (Å²) in [5.74, 6) is 0.348. The molecule has 1 aliphatic rings. The van der Waals surface area contributed by atoms with Gasteiger partial charge in [0.15, 0.2) is 5.82 Å². The monoisotopic (exact) mass is 466 g/mol. The summed E-state index contributed by atoms with van der Waals surface area (Å²) in [4.78, 5) is 31.1. The molecule has 0 spiro atoms. The van der Waals surface area contributed by atoms with Gasteiger partial charge in [-0.2, -0.15) is 0 Å². The average molecular weight is 467 g/mol. The summed E-state index contributed by atoms with van der Waals surface area (Å²) in [7, 11) is 0. The number of aryl methyl sites for hydroxylation is 2. The molecule has 0 bridgehead atoms. The zero-order valence-electron chi connectivity index (χ0n) is 20.9. The minimum Gasteiger partial charge on any atom is -0.466 e. The summed E-state index contributed by atoms with van der Waals surface area (Å²) in [5, 5.41) is 13.6. The Kier molecular flexibility index (Phi) is 6.58. The van der Waals surface area contributed by atoms with E-state index in [1.54, 1.807) is 4.68 Å². The first-order valence-electron chi connectivity index (χ1n) is 11.9. The molecule has 9 nitrogen and oxygen atoms in total. The minimum atomic E-state index is -0.439. The number of fused-ring (bicyclic) bond motifs is 1. The van der Waals surface area contributed by atoms with E-state index in [0.29, 0.717) is 43.9 Å². The van der Waals surface area contributed by atoms with E-state index in [4.69, 9.17) is 4.74 Å². The molecular weight excluding hydrogens is 432 g/mol. The standard InChI is InChI=1S/C25H34N6O3/c1-7-34-24(33)17-10-12-30(13-11-17)21(22-27-28-29-31(22)25(4,5)6)19-14-18-15(2)8-9-16(3)20(18)26-23(19)32/h8-9,14,17,21H,7,10-13H2,1-6H3,(H,26,32)/t21-/m1/s1. The fraction of sp³-hybridized carbons (Fsp3) is 0.560. The van der Waals surface area contributed by atoms with Crippen LogP contribution < -0.4 is 5.56 Å². The van der Waals surface area contributed by atoms with E-state index < -0.39 is 6.04 Å². The lowest BCUT2D eigenvalue weighted by atomic mass is 9.93. The number of benzene rings is 1. The Morgan fingerprint density at radius 1 is 1.21 bits per heavy atom. The lowest BCUT2D eigenvalue weighted by molar-refractivity contribution is -0.149. The van der Waals surface area contributed by atoms with Crippen molar-refractivity contribution in [1.29, 1.82) is 0 Å². The highest BCUT2D eigenvalue weighted by molar-refractivity contribution is 5.85. The molecule has 0 unspecified atom stereocenters. The van der Waals surface area contributed by atoms with Gasteiger partial charge in [0.25, 0.3) is 5.56 Å². The van der Waals surface area contributed by atoms with Gasteiger partial charge in [-0.25, -0.2) is 4.68 Å². The molecule has 3 aromatic rings. The quantitative estimate of drug-likeness (QED) is 0.575. The number of rotatable bonds is 5. The average Bonchev–Trinajstić information content (AvgIpc) is 3.28. The van der Waals surface area contributed by atoms with E-state index in [1.807, 2.05) is 53.7 Å². The minimum absolute atomic E-state index is 0.129. The summed E-state index contributed by atoms with van der Waals surface area (Å²) >= 11 is 0. The second-order valence-corrected chi connectivity index (χ2v) is 10.1. The van der Waals surface area contributed by atoms with Crippen LogP contribution >= 0.6 is 0 Å². The van der Waals surface area contributed by atoms with Crippen LogP contribution in [-0.4, -0.2) is 55.8 Å². The van der Waals surface area contributed by atoms with Crippen LogP contribution in [0.1, 0.15) is 69.1 Å². The second kappa shape index (κ2) is 9.29. The lowest BCUT2D eigenvalue weighted by Crippen LogP contribution is -2.43. The first kappa shape index (κ1) is 24.1. The molecule has 0 amide bonds. The van der Waals surface area contributed by atoms with Gasteiger partial charge in [0.05, 0.1) is 23.6 Å². The molecule has 34 heavy (non-hydrogen) atoms. The van der Waals surface area contributed by atoms with Gasteiger partial charge in [-0.15, -0.1) is 5.10 Å². The Hall–Kier alpha value is -3.07. The van der Waals surface area contributed by atoms with Crippen LogP contribution in [0, 0.1) is 19.8 Å². The van der Waals surface area contributed by atoms with E-state index >= 15 is 0 Å². The van der Waals surface area contributed by atoms with Gasteiger partial charge in [-0.3, -0.25) is 14.5 Å². The number of ether oxygens (including phenoxy) is 1. The Labute approximate surface area is 199 Å². The highest BCUT2D eigenvalue weighted by Gasteiger charge is 2.36. The normalized spacial score (nSPS) is 16.6. The lowest BCUT2D eigenvalue weighted by Gasteiger charge is -2.37. The number of carbonyl (C=O) groups excluding carboxylic acids is 1. The smallest absolute Gasteiger partial charge is 0.309 e. The van der Waals surface area contributed by atoms with Crippen molar-refractivity contribution in [3.05, 3.63) is 51.1 Å². The van der Waals surface area contributed by atoms with Crippen LogP contribution in [0.5, 0.6) is 0 Å². The van der Waals surface area contributed by atoms with Crippen molar-refractivity contribution in [2.45, 2.75) is 66.0 Å². The number of likely N-dealkylation sites (tertiary alicyclic amines) is 1. The first-order valence-corrected chi connectivity index (χ1v) is 11.9. The zero-order valence-corrected chi connectivity index (χ0v) is 20.9. The molecule has 0 radical (unpaired) electrons. The molecule has 182 valence electrons. The summed E-state index contributed by atoms with van der Waals surface area (Å²) in [6, 6.07) is 5.63. The van der Waals surface area contributed by atoms with Crippen molar-refractivity contribution in [2.24, 2.45) is 5.92 Å². The first-order chi connectivity index (χ1) is 16.1. The van der Waals surface area contributed by atoms with Gasteiger partial charge in [0, 0.05) is 24.0 Å². The number of aromatic amines is 1. The Morgan fingerprint density at radius 2 is 1.88 bits per heavy atom. The summed E-state index contributed by atoms with van der Waals surface area (Å²) in [6.07, 6.45) is 1.33. The number of aromatic nitrogens is 5. The Bertz CT molecular complexity index is 1250. The molecule has 1 N–H and O–H groups in total. The molecule has 0 saturated carbocycles. The molecule has 4 rings (SSSR count). The fourth-order valence-corrected chi connectivity index (χ4v) is 4.79. The van der Waals surface area contributed by atoms with Gasteiger partial charge in [-0.05, 0) is 82.0 Å². The number of H-pyrrole nitrogens is 1. The molecular formula is C25H34N6O3. The van der Waals surface area contributed by atoms with Crippen molar-refractivity contribution < 1.29 is 9.53 Å². The second-order valence-electron chi connectivity index (χ2n) is 10.1. The highest BCUT2D eigenvalue weighted by atomic mass is 16.5. The van der Waals surface area contributed by atoms with Gasteiger partial charge in [-0.1, -0.05) is 12.1 Å². The van der Waals surface area contributed by atoms with E-state index in [-0.39, 0.29) is 23.0 Å². The molecule has 1 aromatic carbocycles. The molecule has 9 heteroatoms. The molecule has 2 aromatic heterocycles. The predicted molar refractivity (Wildman–Crippen MR) is 130 cm³/mol. The highest BCUT2D eigenvalue weighted by Crippen LogP contribution is 2.33. The summed E-state index contributed by atoms with van der Waals surface area (Å²) in [6.45, 7) is 13.6. The van der Waals surface area contributed by atoms with Crippen molar-refractivity contribution in [3.63, 3.8) is 0 Å². The van der Waals surface area contributed by atoms with Crippen LogP contribution in [0.25, 0.3) is 10.9 Å². The molecule has 1 fully saturated rings. The van der Waals surface area contributed by atoms with Crippen LogP contribution in [0.3, 0.4) is 0 Å². The third kappa shape index (κ3) is 4.49. The molecule has 0 aliphatic carbocycles. The number of piperidine rings is 1. The molecule has 3 heterocycles. The third-order valence-electron chi connectivity index (χ3n) is 6.66. The number of hydrogen-bond acceptors (Lipinski definition) is 7. The van der Waals surface area contributed by atoms with Crippen LogP contribution in [0.15, 0.2) is 23.0 Å². The maximum atomic E-state index is 13.5. The van der Waals surface area contributed by atoms with Gasteiger partial charge < -0.3 is 9.72 Å². The zero-order chi connectivity index (χ0) is 24.6. The van der Waals surface area contributed by atoms with Crippen molar-refractivity contribution in [1.82, 2.24) is 30.1 Å². The van der Waals surface area contributed by atoms with Crippen LogP contribution in [-0.2, 0) is 15.1 Å². The molecule has 1 saturated heterocycles. The van der Waals surface area contributed by atoms with E-state index in [2.05, 4.69) is 31.5 Å². The van der Waals surface area contributed by atoms with Crippen LogP contribution in [0.4, 0.5) is 0 Å². The van der Waals surface area contributed by atoms with E-state index in [9.17, 15) is 9.59 Å². The third-order valence-corrected chi connectivity index (χ3v) is 6.66. The van der Waals surface area contributed by atoms with Gasteiger partial charge >= 0.3 is 5.97 Å². The van der Waals surface area contributed by atoms with E-state index in [0.717, 1.165) is 22.0 Å². The van der Waals surface area contributed by atoms with Gasteiger partial charge in [0.2, 0.25) is 0 Å². The van der Waals surface area contributed by atoms with Crippen LogP contribution in [0.2, 0.25) is 0 Å². The maximum absolute atomic E-state index is 13.5. The largest absolute Gasteiger partial charge is 0.466 e. The predicted octanol–water partition coefficient (Wildman–Crippen LogP) is 3.25. The summed E-state index contributed by atoms with van der Waals surface area (Å²) < 4.78 is 7.03. The summed E-state index contributed by atoms with van der Waals surface area (Å²) in [5.41, 5.74) is 3.06. The van der Waals surface area contributed by atoms with Gasteiger partial charge in [0.1, 0.15) is 6.04 Å².